The molecule has 0 aliphatic carbocycles. The van der Waals surface area contributed by atoms with E-state index in [0.29, 0.717) is 12.1 Å². The van der Waals surface area contributed by atoms with Crippen LogP contribution in [0.4, 0.5) is 5.69 Å². The Bertz CT molecular complexity index is 609. The second-order valence-corrected chi connectivity index (χ2v) is 7.81. The number of hydrogen-bond donors (Lipinski definition) is 2. The van der Waals surface area contributed by atoms with Crippen LogP contribution in [-0.4, -0.2) is 43.4 Å². The van der Waals surface area contributed by atoms with Crippen molar-refractivity contribution in [1.29, 1.82) is 0 Å². The predicted octanol–water partition coefficient (Wildman–Crippen LogP) is 1.99. The van der Waals surface area contributed by atoms with Crippen molar-refractivity contribution < 1.29 is 18.3 Å². The average Bonchev–Trinajstić information content (AvgIpc) is 2.36. The molecule has 0 heterocycles. The molecule has 0 aliphatic heterocycles. The number of carbonyl (C=O) groups is 1. The lowest BCUT2D eigenvalue weighted by Gasteiger charge is -2.28. The van der Waals surface area contributed by atoms with Crippen molar-refractivity contribution in [2.45, 2.75) is 37.1 Å². The minimum atomic E-state index is -3.56. The third kappa shape index (κ3) is 4.71. The Hall–Kier alpha value is -1.60. The summed E-state index contributed by atoms with van der Waals surface area (Å²) in [6.45, 7) is 3.68. The third-order valence-electron chi connectivity index (χ3n) is 3.08. The van der Waals surface area contributed by atoms with Crippen molar-refractivity contribution in [1.82, 2.24) is 4.31 Å². The van der Waals surface area contributed by atoms with Gasteiger partial charge in [0.1, 0.15) is 4.90 Å². The first kappa shape index (κ1) is 17.5. The first-order chi connectivity index (χ1) is 9.56. The molecule has 6 nitrogen and oxygen atoms in total. The van der Waals surface area contributed by atoms with Gasteiger partial charge in [0.15, 0.2) is 0 Å². The van der Waals surface area contributed by atoms with Crippen LogP contribution in [0.2, 0.25) is 0 Å². The van der Waals surface area contributed by atoms with Crippen LogP contribution in [0.5, 0.6) is 0 Å². The summed E-state index contributed by atoms with van der Waals surface area (Å²) in [4.78, 5) is 10.9. The van der Waals surface area contributed by atoms with Gasteiger partial charge in [0.2, 0.25) is 10.0 Å². The van der Waals surface area contributed by atoms with E-state index in [2.05, 4.69) is 5.32 Å². The number of para-hydroxylation sites is 1. The topological polar surface area (TPSA) is 86.7 Å². The predicted molar refractivity (Wildman–Crippen MR) is 81.9 cm³/mol. The van der Waals surface area contributed by atoms with Gasteiger partial charge >= 0.3 is 5.97 Å². The van der Waals surface area contributed by atoms with Crippen LogP contribution in [0.25, 0.3) is 0 Å². The molecule has 0 fully saturated rings. The number of carboxylic acid groups (broad SMARTS) is 1. The monoisotopic (exact) mass is 314 g/mol. The summed E-state index contributed by atoms with van der Waals surface area (Å²) < 4.78 is 25.7. The van der Waals surface area contributed by atoms with Crippen molar-refractivity contribution >= 4 is 21.7 Å². The van der Waals surface area contributed by atoms with Gasteiger partial charge in [0.05, 0.1) is 5.69 Å². The van der Waals surface area contributed by atoms with Gasteiger partial charge in [0.25, 0.3) is 0 Å². The number of sulfonamides is 1. The van der Waals surface area contributed by atoms with Crippen molar-refractivity contribution in [3.05, 3.63) is 24.3 Å². The maximum atomic E-state index is 12.3. The van der Waals surface area contributed by atoms with E-state index in [1.807, 2.05) is 13.8 Å². The number of hydrogen-bond acceptors (Lipinski definition) is 4. The second kappa shape index (κ2) is 6.44. The maximum Gasteiger partial charge on any atom is 0.303 e. The smallest absolute Gasteiger partial charge is 0.303 e. The van der Waals surface area contributed by atoms with Gasteiger partial charge in [0, 0.05) is 26.1 Å². The molecule has 21 heavy (non-hydrogen) atoms. The molecule has 2 N–H and O–H groups in total. The number of nitrogens with one attached hydrogen (secondary N) is 1. The van der Waals surface area contributed by atoms with Crippen LogP contribution in [-0.2, 0) is 14.8 Å². The quantitative estimate of drug-likeness (QED) is 0.804. The van der Waals surface area contributed by atoms with Crippen LogP contribution < -0.4 is 5.32 Å². The lowest BCUT2D eigenvalue weighted by molar-refractivity contribution is -0.137. The van der Waals surface area contributed by atoms with Gasteiger partial charge in [-0.2, -0.15) is 0 Å². The van der Waals surface area contributed by atoms with E-state index in [-0.39, 0.29) is 11.3 Å². The van der Waals surface area contributed by atoms with Crippen LogP contribution in [0.1, 0.15) is 26.7 Å². The molecular weight excluding hydrogens is 292 g/mol. The first-order valence-corrected chi connectivity index (χ1v) is 8.02. The molecule has 0 spiro atoms. The van der Waals surface area contributed by atoms with Crippen molar-refractivity contribution in [2.24, 2.45) is 0 Å². The summed E-state index contributed by atoms with van der Waals surface area (Å²) in [7, 11) is -0.609. The van der Waals surface area contributed by atoms with Crippen LogP contribution in [0.15, 0.2) is 29.2 Å². The van der Waals surface area contributed by atoms with E-state index in [1.54, 1.807) is 18.2 Å². The lowest BCUT2D eigenvalue weighted by atomic mass is 9.98. The fourth-order valence-corrected chi connectivity index (χ4v) is 2.88. The Kier molecular flexibility index (Phi) is 5.36. The number of anilines is 1. The molecule has 0 atom stereocenters. The Morgan fingerprint density at radius 1 is 1.29 bits per heavy atom. The minimum absolute atomic E-state index is 0.0165. The molecule has 0 bridgehead atoms. The molecule has 0 aromatic heterocycles. The Balaban J connectivity index is 3.08. The summed E-state index contributed by atoms with van der Waals surface area (Å²) in [6, 6.07) is 6.61. The van der Waals surface area contributed by atoms with E-state index >= 15 is 0 Å². The van der Waals surface area contributed by atoms with E-state index in [9.17, 15) is 13.2 Å². The summed E-state index contributed by atoms with van der Waals surface area (Å²) in [5, 5.41) is 11.9. The Morgan fingerprint density at radius 2 is 1.86 bits per heavy atom. The van der Waals surface area contributed by atoms with E-state index in [0.717, 1.165) is 4.31 Å². The largest absolute Gasteiger partial charge is 0.481 e. The highest BCUT2D eigenvalue weighted by molar-refractivity contribution is 7.89. The molecule has 0 radical (unpaired) electrons. The maximum absolute atomic E-state index is 12.3. The van der Waals surface area contributed by atoms with Gasteiger partial charge in [-0.25, -0.2) is 12.7 Å². The Morgan fingerprint density at radius 3 is 2.38 bits per heavy atom. The molecule has 0 unspecified atom stereocenters. The average molecular weight is 314 g/mol. The van der Waals surface area contributed by atoms with Crippen LogP contribution in [0, 0.1) is 0 Å². The molecular formula is C14H22N2O4S. The fraction of sp³-hybridized carbons (Fsp3) is 0.500. The molecule has 1 aromatic carbocycles. The molecule has 118 valence electrons. The van der Waals surface area contributed by atoms with Gasteiger partial charge in [-0.05, 0) is 32.4 Å². The SMILES string of the molecule is CN(C)S(=O)(=O)c1ccccc1NC(C)(C)CCC(=O)O. The fourth-order valence-electron chi connectivity index (χ4n) is 1.84. The number of rotatable bonds is 7. The van der Waals surface area contributed by atoms with Crippen molar-refractivity contribution in [2.75, 3.05) is 19.4 Å². The van der Waals surface area contributed by atoms with Gasteiger partial charge < -0.3 is 10.4 Å². The van der Waals surface area contributed by atoms with Crippen LogP contribution >= 0.6 is 0 Å². The number of benzene rings is 1. The molecule has 1 rings (SSSR count). The van der Waals surface area contributed by atoms with Gasteiger partial charge in [-0.1, -0.05) is 12.1 Å². The van der Waals surface area contributed by atoms with Crippen molar-refractivity contribution in [3.8, 4) is 0 Å². The summed E-state index contributed by atoms with van der Waals surface area (Å²) in [6.07, 6.45) is 0.404. The molecule has 0 saturated carbocycles. The molecule has 0 saturated heterocycles. The zero-order valence-corrected chi connectivity index (χ0v) is 13.6. The molecule has 0 aliphatic rings. The van der Waals surface area contributed by atoms with E-state index < -0.39 is 21.5 Å². The van der Waals surface area contributed by atoms with Crippen molar-refractivity contribution in [3.63, 3.8) is 0 Å². The molecule has 0 amide bonds. The standard InChI is InChI=1S/C14H22N2O4S/c1-14(2,10-9-13(17)18)15-11-7-5-6-8-12(11)21(19,20)16(3)4/h5-8,15H,9-10H2,1-4H3,(H,17,18). The minimum Gasteiger partial charge on any atom is -0.481 e. The lowest BCUT2D eigenvalue weighted by Crippen LogP contribution is -2.33. The van der Waals surface area contributed by atoms with Gasteiger partial charge in [-0.3, -0.25) is 4.79 Å². The summed E-state index contributed by atoms with van der Waals surface area (Å²) >= 11 is 0. The second-order valence-electron chi connectivity index (χ2n) is 5.69. The molecule has 1 aromatic rings. The number of nitrogens with zero attached hydrogens (tertiary/aromatic N) is 1. The zero-order chi connectivity index (χ0) is 16.3. The van der Waals surface area contributed by atoms with E-state index in [1.165, 1.54) is 20.2 Å². The normalized spacial score (nSPS) is 12.4. The third-order valence-corrected chi connectivity index (χ3v) is 4.96. The van der Waals surface area contributed by atoms with Gasteiger partial charge in [-0.15, -0.1) is 0 Å². The number of aliphatic carboxylic acids is 1. The first-order valence-electron chi connectivity index (χ1n) is 6.58. The summed E-state index contributed by atoms with van der Waals surface area (Å²) in [5.41, 5.74) is -0.0577. The highest BCUT2D eigenvalue weighted by Gasteiger charge is 2.25. The summed E-state index contributed by atoms with van der Waals surface area (Å²) in [5.74, 6) is -0.876. The highest BCUT2D eigenvalue weighted by Crippen LogP contribution is 2.27. The highest BCUT2D eigenvalue weighted by atomic mass is 32.2. The number of carboxylic acids is 1. The van der Waals surface area contributed by atoms with Crippen LogP contribution in [0.3, 0.4) is 0 Å². The Labute approximate surface area is 125 Å². The van der Waals surface area contributed by atoms with E-state index in [4.69, 9.17) is 5.11 Å². The zero-order valence-electron chi connectivity index (χ0n) is 12.8. The molecule has 7 heteroatoms.